The van der Waals surface area contributed by atoms with E-state index in [1.165, 1.54) is 11.6 Å². The average Bonchev–Trinajstić information content (AvgIpc) is 2.69. The van der Waals surface area contributed by atoms with Crippen molar-refractivity contribution in [2.45, 2.75) is 59.2 Å². The van der Waals surface area contributed by atoms with Crippen molar-refractivity contribution in [2.75, 3.05) is 13.2 Å². The SMILES string of the molecule is CCC(=NOCC(C)OCC=CCl)C1C(=O)CC(C(OS(=O)(=O)O)C(C)CC)C=C1O. The van der Waals surface area contributed by atoms with Crippen LogP contribution in [-0.4, -0.2) is 55.0 Å². The zero-order valence-electron chi connectivity index (χ0n) is 18.2. The smallest absolute Gasteiger partial charge is 0.397 e. The van der Waals surface area contributed by atoms with Crippen molar-refractivity contribution in [3.05, 3.63) is 23.4 Å². The standard InChI is InChI=1S/C20H32ClNO8S/c1-5-13(3)20(30-31(25,26)27)15-10-17(23)19(18(24)11-15)16(6-2)22-29-12-14(4)28-9-7-8-21/h7-8,10,13-15,19-20,23H,5-6,9,11-12H2,1-4H3,(H,25,26,27). The maximum absolute atomic E-state index is 12.8. The van der Waals surface area contributed by atoms with Crippen LogP contribution in [0.5, 0.6) is 0 Å². The normalized spacial score (nSPS) is 23.5. The number of nitrogens with zero attached hydrogens (tertiary/aromatic N) is 1. The first kappa shape index (κ1) is 27.6. The molecule has 178 valence electrons. The predicted molar refractivity (Wildman–Crippen MR) is 117 cm³/mol. The minimum Gasteiger partial charge on any atom is -0.511 e. The van der Waals surface area contributed by atoms with E-state index in [9.17, 15) is 18.3 Å². The van der Waals surface area contributed by atoms with Crippen LogP contribution in [0, 0.1) is 17.8 Å². The molecule has 31 heavy (non-hydrogen) atoms. The van der Waals surface area contributed by atoms with Gasteiger partial charge < -0.3 is 14.7 Å². The number of rotatable bonds is 13. The molecule has 0 saturated heterocycles. The Bertz CT molecular complexity index is 780. The highest BCUT2D eigenvalue weighted by Gasteiger charge is 2.39. The van der Waals surface area contributed by atoms with E-state index >= 15 is 0 Å². The number of oxime groups is 1. The Labute approximate surface area is 189 Å². The summed E-state index contributed by atoms with van der Waals surface area (Å²) in [5, 5.41) is 14.6. The second kappa shape index (κ2) is 13.2. The first-order valence-electron chi connectivity index (χ1n) is 10.2. The molecular formula is C20H32ClNO8S. The fraction of sp³-hybridized carbons (Fsp3) is 0.700. The quantitative estimate of drug-likeness (QED) is 0.230. The lowest BCUT2D eigenvalue weighted by Crippen LogP contribution is -2.39. The van der Waals surface area contributed by atoms with E-state index in [4.69, 9.17) is 29.9 Å². The number of hydrogen-bond donors (Lipinski definition) is 2. The van der Waals surface area contributed by atoms with Crippen molar-refractivity contribution in [1.82, 2.24) is 0 Å². The van der Waals surface area contributed by atoms with Crippen LogP contribution in [0.4, 0.5) is 0 Å². The summed E-state index contributed by atoms with van der Waals surface area (Å²) < 4.78 is 41.9. The van der Waals surface area contributed by atoms with Crippen molar-refractivity contribution in [1.29, 1.82) is 0 Å². The highest BCUT2D eigenvalue weighted by Crippen LogP contribution is 2.33. The van der Waals surface area contributed by atoms with E-state index in [0.29, 0.717) is 25.2 Å². The molecule has 9 nitrogen and oxygen atoms in total. The number of carbonyl (C=O) groups is 1. The number of ketones is 1. The van der Waals surface area contributed by atoms with Crippen molar-refractivity contribution >= 4 is 33.5 Å². The van der Waals surface area contributed by atoms with Crippen molar-refractivity contribution in [2.24, 2.45) is 22.9 Å². The Kier molecular flexibility index (Phi) is 11.7. The lowest BCUT2D eigenvalue weighted by atomic mass is 9.77. The van der Waals surface area contributed by atoms with Gasteiger partial charge in [0.1, 0.15) is 24.1 Å². The van der Waals surface area contributed by atoms with E-state index in [0.717, 1.165) is 0 Å². The average molecular weight is 482 g/mol. The van der Waals surface area contributed by atoms with E-state index in [2.05, 4.69) is 5.16 Å². The summed E-state index contributed by atoms with van der Waals surface area (Å²) in [6.45, 7) is 7.62. The maximum Gasteiger partial charge on any atom is 0.397 e. The monoisotopic (exact) mass is 481 g/mol. The Morgan fingerprint density at radius 1 is 1.39 bits per heavy atom. The Morgan fingerprint density at radius 2 is 2.06 bits per heavy atom. The lowest BCUT2D eigenvalue weighted by Gasteiger charge is -2.32. The number of halogens is 1. The van der Waals surface area contributed by atoms with Gasteiger partial charge >= 0.3 is 10.4 Å². The number of allylic oxidation sites excluding steroid dienone is 1. The fourth-order valence-electron chi connectivity index (χ4n) is 3.27. The zero-order chi connectivity index (χ0) is 23.6. The molecule has 1 aliphatic rings. The second-order valence-electron chi connectivity index (χ2n) is 7.47. The predicted octanol–water partition coefficient (Wildman–Crippen LogP) is 3.81. The summed E-state index contributed by atoms with van der Waals surface area (Å²) in [6.07, 6.45) is 2.65. The molecule has 0 heterocycles. The van der Waals surface area contributed by atoms with Crippen LogP contribution in [0.3, 0.4) is 0 Å². The number of aliphatic hydroxyl groups is 1. The Morgan fingerprint density at radius 3 is 2.58 bits per heavy atom. The van der Waals surface area contributed by atoms with Crippen molar-refractivity contribution in [3.63, 3.8) is 0 Å². The molecule has 0 spiro atoms. The molecule has 0 radical (unpaired) electrons. The molecule has 5 atom stereocenters. The third-order valence-electron chi connectivity index (χ3n) is 5.05. The molecule has 0 aliphatic heterocycles. The van der Waals surface area contributed by atoms with Crippen LogP contribution in [-0.2, 0) is 29.0 Å². The molecule has 1 rings (SSSR count). The summed E-state index contributed by atoms with van der Waals surface area (Å²) in [5.74, 6) is -2.53. The van der Waals surface area contributed by atoms with Crippen LogP contribution in [0.1, 0.15) is 47.0 Å². The lowest BCUT2D eigenvalue weighted by molar-refractivity contribution is -0.123. The minimum absolute atomic E-state index is 0.0669. The van der Waals surface area contributed by atoms with Gasteiger partial charge in [0.15, 0.2) is 0 Å². The molecular weight excluding hydrogens is 450 g/mol. The zero-order valence-corrected chi connectivity index (χ0v) is 19.8. The van der Waals surface area contributed by atoms with Crippen LogP contribution >= 0.6 is 11.6 Å². The van der Waals surface area contributed by atoms with Gasteiger partial charge in [-0.1, -0.05) is 43.9 Å². The molecule has 0 aromatic rings. The fourth-order valence-corrected chi connectivity index (χ4v) is 3.95. The maximum atomic E-state index is 12.8. The molecule has 11 heteroatoms. The van der Waals surface area contributed by atoms with Gasteiger partial charge in [0.25, 0.3) is 0 Å². The molecule has 1 aliphatic carbocycles. The molecule has 0 fully saturated rings. The highest BCUT2D eigenvalue weighted by atomic mass is 35.5. The third-order valence-corrected chi connectivity index (χ3v) is 5.70. The van der Waals surface area contributed by atoms with Crippen LogP contribution < -0.4 is 0 Å². The Hall–Kier alpha value is -1.46. The molecule has 0 amide bonds. The number of Topliss-reactive ketones (excluding diaryl/α,β-unsaturated/α-hetero) is 1. The van der Waals surface area contributed by atoms with Crippen LogP contribution in [0.25, 0.3) is 0 Å². The van der Waals surface area contributed by atoms with E-state index < -0.39 is 28.3 Å². The third kappa shape index (κ3) is 9.28. The largest absolute Gasteiger partial charge is 0.511 e. The molecule has 0 aromatic carbocycles. The number of carbonyl (C=O) groups excluding carboxylic acids is 1. The summed E-state index contributed by atoms with van der Waals surface area (Å²) in [6, 6.07) is 0. The number of aliphatic hydroxyl groups excluding tert-OH is 1. The summed E-state index contributed by atoms with van der Waals surface area (Å²) in [5.41, 5.74) is 1.70. The molecule has 0 bridgehead atoms. The molecule has 0 aromatic heterocycles. The van der Waals surface area contributed by atoms with Gasteiger partial charge in [0.05, 0.1) is 24.5 Å². The van der Waals surface area contributed by atoms with Crippen molar-refractivity contribution in [3.8, 4) is 0 Å². The molecule has 5 unspecified atom stereocenters. The van der Waals surface area contributed by atoms with Gasteiger partial charge in [-0.25, -0.2) is 4.18 Å². The van der Waals surface area contributed by atoms with E-state index in [-0.39, 0.29) is 36.6 Å². The van der Waals surface area contributed by atoms with Gasteiger partial charge in [0, 0.05) is 17.9 Å². The minimum atomic E-state index is -4.72. The van der Waals surface area contributed by atoms with E-state index in [1.54, 1.807) is 26.8 Å². The van der Waals surface area contributed by atoms with Gasteiger partial charge in [-0.15, -0.1) is 0 Å². The Balaban J connectivity index is 2.95. The van der Waals surface area contributed by atoms with Gasteiger partial charge in [-0.3, -0.25) is 9.35 Å². The first-order chi connectivity index (χ1) is 14.5. The highest BCUT2D eigenvalue weighted by molar-refractivity contribution is 7.80. The van der Waals surface area contributed by atoms with E-state index in [1.807, 2.05) is 6.92 Å². The van der Waals surface area contributed by atoms with Gasteiger partial charge in [0.2, 0.25) is 0 Å². The van der Waals surface area contributed by atoms with Crippen molar-refractivity contribution < 1.29 is 36.6 Å². The molecule has 2 N–H and O–H groups in total. The summed E-state index contributed by atoms with van der Waals surface area (Å²) in [7, 11) is -4.72. The van der Waals surface area contributed by atoms with Crippen LogP contribution in [0.15, 0.2) is 28.6 Å². The number of hydrogen-bond acceptors (Lipinski definition) is 8. The molecule has 0 saturated carbocycles. The summed E-state index contributed by atoms with van der Waals surface area (Å²) in [4.78, 5) is 18.1. The first-order valence-corrected chi connectivity index (χ1v) is 12.0. The summed E-state index contributed by atoms with van der Waals surface area (Å²) >= 11 is 5.43. The van der Waals surface area contributed by atoms with Gasteiger partial charge in [-0.05, 0) is 31.4 Å². The van der Waals surface area contributed by atoms with Gasteiger partial charge in [-0.2, -0.15) is 8.42 Å². The van der Waals surface area contributed by atoms with Crippen LogP contribution in [0.2, 0.25) is 0 Å². The second-order valence-corrected chi connectivity index (χ2v) is 8.77. The number of ether oxygens (including phenoxy) is 1. The topological polar surface area (TPSA) is 132 Å².